The van der Waals surface area contributed by atoms with E-state index in [2.05, 4.69) is 43.0 Å². The molecule has 1 unspecified atom stereocenters. The second-order valence-electron chi connectivity index (χ2n) is 10.7. The van der Waals surface area contributed by atoms with Crippen LogP contribution in [0.3, 0.4) is 0 Å². The van der Waals surface area contributed by atoms with Crippen molar-refractivity contribution in [3.63, 3.8) is 0 Å². The Hall–Kier alpha value is -3.87. The second-order valence-corrected chi connectivity index (χ2v) is 14.9. The zero-order chi connectivity index (χ0) is 27.7. The molecule has 0 aromatic heterocycles. The number of anilines is 3. The number of rotatable bonds is 4. The Morgan fingerprint density at radius 1 is 0.675 bits per heavy atom. The molecule has 4 aliphatic heterocycles. The first-order valence-electron chi connectivity index (χ1n) is 12.9. The van der Waals surface area contributed by atoms with Crippen LogP contribution < -0.4 is 49.2 Å². The second kappa shape index (κ2) is 7.65. The fourth-order valence-electron chi connectivity index (χ4n) is 6.70. The van der Waals surface area contributed by atoms with E-state index < -0.39 is 6.04 Å². The van der Waals surface area contributed by atoms with Crippen molar-refractivity contribution in [2.45, 2.75) is 19.3 Å². The quantitative estimate of drug-likeness (QED) is 0.235. The van der Waals surface area contributed by atoms with Crippen molar-refractivity contribution in [1.29, 1.82) is 0 Å². The van der Waals surface area contributed by atoms with Crippen LogP contribution in [0.4, 0.5) is 17.1 Å². The lowest BCUT2D eigenvalue weighted by Crippen LogP contribution is -2.46. The maximum atomic E-state index is 6.93. The summed E-state index contributed by atoms with van der Waals surface area (Å²) in [6.45, 7) is 4.48. The molecule has 0 saturated carbocycles. The molecule has 4 aromatic carbocycles. The van der Waals surface area contributed by atoms with Gasteiger partial charge in [-0.05, 0) is 47.5 Å². The predicted octanol–water partition coefficient (Wildman–Crippen LogP) is 6.11. The summed E-state index contributed by atoms with van der Waals surface area (Å²) >= 11 is 6.93. The molecule has 9 heteroatoms. The summed E-state index contributed by atoms with van der Waals surface area (Å²) in [5.41, 5.74) is 4.98. The van der Waals surface area contributed by atoms with Gasteiger partial charge in [-0.25, -0.2) is 0 Å². The number of benzene rings is 4. The van der Waals surface area contributed by atoms with Crippen LogP contribution in [0, 0.1) is 0 Å². The molecule has 1 atom stereocenters. The number of fused-ring (bicyclic) bond motifs is 3. The van der Waals surface area contributed by atoms with Gasteiger partial charge in [0.1, 0.15) is 23.0 Å². The normalized spacial score (nSPS) is 19.0. The molecule has 202 valence electrons. The van der Waals surface area contributed by atoms with Crippen molar-refractivity contribution in [3.8, 4) is 46.0 Å². The molecular formula is C31H26NO6PS. The number of ether oxygens (including phenoxy) is 6. The molecule has 4 aliphatic rings. The van der Waals surface area contributed by atoms with Gasteiger partial charge in [0.25, 0.3) is 0 Å². The summed E-state index contributed by atoms with van der Waals surface area (Å²) in [4.78, 5) is 2.31. The highest BCUT2D eigenvalue weighted by Crippen LogP contribution is 2.70. The molecule has 8 rings (SSSR count). The van der Waals surface area contributed by atoms with E-state index in [4.69, 9.17) is 40.2 Å². The highest BCUT2D eigenvalue weighted by atomic mass is 32.4. The third-order valence-electron chi connectivity index (χ3n) is 8.58. The Bertz CT molecular complexity index is 1870. The van der Waals surface area contributed by atoms with Crippen LogP contribution in [0.15, 0.2) is 48.5 Å². The van der Waals surface area contributed by atoms with Gasteiger partial charge in [0, 0.05) is 17.5 Å². The van der Waals surface area contributed by atoms with E-state index in [9.17, 15) is 0 Å². The summed E-state index contributed by atoms with van der Waals surface area (Å²) < 4.78 is 36.5. The van der Waals surface area contributed by atoms with E-state index in [1.54, 1.807) is 28.4 Å². The number of hydrogen-bond acceptors (Lipinski definition) is 8. The van der Waals surface area contributed by atoms with Crippen molar-refractivity contribution >= 4 is 50.8 Å². The fourth-order valence-corrected chi connectivity index (χ4v) is 11.7. The van der Waals surface area contributed by atoms with Gasteiger partial charge in [0.2, 0.25) is 0 Å². The molecule has 7 nitrogen and oxygen atoms in total. The van der Waals surface area contributed by atoms with Gasteiger partial charge >= 0.3 is 0 Å². The standard InChI is InChI=1S/C31H26NO6PS/c1-31(2)17-11-15(33-3)7-8-19(17)32-20-9-10-21(35-5)26-28(20)39(40)29-23(37-26)12-16(34-4)13-24(29)38-27-22(36-6)14-18(31)25(32)30(27)39/h7-14H,1-6H3. The lowest BCUT2D eigenvalue weighted by atomic mass is 9.73. The maximum absolute atomic E-state index is 6.93. The molecule has 4 heterocycles. The van der Waals surface area contributed by atoms with E-state index in [0.717, 1.165) is 49.9 Å². The van der Waals surface area contributed by atoms with Gasteiger partial charge in [0.15, 0.2) is 23.0 Å². The largest absolute Gasteiger partial charge is 0.497 e. The van der Waals surface area contributed by atoms with Crippen molar-refractivity contribution in [2.75, 3.05) is 33.3 Å². The van der Waals surface area contributed by atoms with Gasteiger partial charge in [-0.3, -0.25) is 0 Å². The van der Waals surface area contributed by atoms with Gasteiger partial charge in [-0.2, -0.15) is 0 Å². The molecule has 0 amide bonds. The molecule has 4 aromatic rings. The van der Waals surface area contributed by atoms with E-state index >= 15 is 0 Å². The van der Waals surface area contributed by atoms with Crippen LogP contribution in [-0.2, 0) is 17.2 Å². The zero-order valence-corrected chi connectivity index (χ0v) is 24.6. The van der Waals surface area contributed by atoms with Gasteiger partial charge < -0.3 is 33.3 Å². The molecule has 0 fully saturated rings. The molecule has 0 radical (unpaired) electrons. The van der Waals surface area contributed by atoms with Crippen LogP contribution in [0.25, 0.3) is 0 Å². The van der Waals surface area contributed by atoms with E-state index in [-0.39, 0.29) is 5.41 Å². The van der Waals surface area contributed by atoms with Crippen LogP contribution in [-0.4, -0.2) is 28.4 Å². The number of hydrogen-bond donors (Lipinski definition) is 0. The smallest absolute Gasteiger partial charge is 0.180 e. The lowest BCUT2D eigenvalue weighted by molar-refractivity contribution is 0.368. The molecule has 0 N–H and O–H groups in total. The molecule has 0 bridgehead atoms. The first-order chi connectivity index (χ1) is 19.3. The first kappa shape index (κ1) is 24.0. The van der Waals surface area contributed by atoms with Crippen LogP contribution in [0.2, 0.25) is 0 Å². The summed E-state index contributed by atoms with van der Waals surface area (Å²) in [6.07, 6.45) is 0. The number of nitrogens with zero attached hydrogens (tertiary/aromatic N) is 1. The Kier molecular flexibility index (Phi) is 4.59. The third kappa shape index (κ3) is 2.60. The van der Waals surface area contributed by atoms with Crippen LogP contribution >= 0.6 is 6.04 Å². The van der Waals surface area contributed by atoms with E-state index in [1.807, 2.05) is 24.3 Å². The SMILES string of the molecule is COc1cc2c3c(c1)Oc1c(OC)cc4c5c1P3(=S)c1c(ccc(OC)c1O2)N5c1ccc(OC)cc1C4(C)C. The molecular weight excluding hydrogens is 545 g/mol. The van der Waals surface area contributed by atoms with Crippen molar-refractivity contribution < 1.29 is 28.4 Å². The molecule has 0 spiro atoms. The summed E-state index contributed by atoms with van der Waals surface area (Å²) in [5, 5.41) is 2.83. The Morgan fingerprint density at radius 2 is 1.32 bits per heavy atom. The average molecular weight is 572 g/mol. The highest BCUT2D eigenvalue weighted by molar-refractivity contribution is 8.26. The number of methoxy groups -OCH3 is 4. The van der Waals surface area contributed by atoms with Crippen molar-refractivity contribution in [2.24, 2.45) is 0 Å². The maximum Gasteiger partial charge on any atom is 0.180 e. The highest BCUT2D eigenvalue weighted by Gasteiger charge is 2.55. The topological polar surface area (TPSA) is 58.6 Å². The molecule has 0 saturated heterocycles. The van der Waals surface area contributed by atoms with Gasteiger partial charge in [-0.1, -0.05) is 25.7 Å². The van der Waals surface area contributed by atoms with Gasteiger partial charge in [-0.15, -0.1) is 0 Å². The Balaban J connectivity index is 1.59. The predicted molar refractivity (Wildman–Crippen MR) is 159 cm³/mol. The van der Waals surface area contributed by atoms with E-state index in [0.29, 0.717) is 40.2 Å². The van der Waals surface area contributed by atoms with E-state index in [1.165, 1.54) is 0 Å². The minimum Gasteiger partial charge on any atom is -0.497 e. The van der Waals surface area contributed by atoms with Crippen LogP contribution in [0.1, 0.15) is 25.0 Å². The summed E-state index contributed by atoms with van der Waals surface area (Å²) in [5.74, 6) is 5.26. The minimum atomic E-state index is -2.72. The van der Waals surface area contributed by atoms with Crippen molar-refractivity contribution in [1.82, 2.24) is 0 Å². The Morgan fingerprint density at radius 3 is 1.98 bits per heavy atom. The summed E-state index contributed by atoms with van der Waals surface area (Å²) in [7, 11) is 6.65. The fraction of sp³-hybridized carbons (Fsp3) is 0.226. The first-order valence-corrected chi connectivity index (χ1v) is 15.7. The molecule has 0 aliphatic carbocycles. The molecule has 40 heavy (non-hydrogen) atoms. The summed E-state index contributed by atoms with van der Waals surface area (Å²) in [6, 6.07) is 13.5. The third-order valence-corrected chi connectivity index (χ3v) is 13.4. The van der Waals surface area contributed by atoms with Crippen molar-refractivity contribution in [3.05, 3.63) is 59.7 Å². The zero-order valence-electron chi connectivity index (χ0n) is 22.9. The van der Waals surface area contributed by atoms with Gasteiger partial charge in [0.05, 0.1) is 67.5 Å². The monoisotopic (exact) mass is 571 g/mol. The van der Waals surface area contributed by atoms with Crippen LogP contribution in [0.5, 0.6) is 46.0 Å². The average Bonchev–Trinajstić information content (AvgIpc) is 2.96. The Labute approximate surface area is 237 Å². The minimum absolute atomic E-state index is 0.380. The lowest BCUT2D eigenvalue weighted by Gasteiger charge is -2.51.